The van der Waals surface area contributed by atoms with Crippen molar-refractivity contribution < 1.29 is 14.7 Å². The topological polar surface area (TPSA) is 66.4 Å². The molecule has 0 spiro atoms. The molecule has 0 fully saturated rings. The number of carbonyl (C=O) groups excluding carboxylic acids is 1. The van der Waals surface area contributed by atoms with Crippen LogP contribution in [0.5, 0.6) is 0 Å². The van der Waals surface area contributed by atoms with E-state index in [1.807, 2.05) is 33.8 Å². The highest BCUT2D eigenvalue weighted by molar-refractivity contribution is 5.95. The second kappa shape index (κ2) is 6.37. The normalized spacial score (nSPS) is 11.6. The van der Waals surface area contributed by atoms with Crippen LogP contribution in [-0.4, -0.2) is 23.5 Å². The Kier molecular flexibility index (Phi) is 5.08. The van der Waals surface area contributed by atoms with Crippen molar-refractivity contribution in [3.8, 4) is 0 Å². The predicted molar refractivity (Wildman–Crippen MR) is 79.6 cm³/mol. The van der Waals surface area contributed by atoms with Gasteiger partial charge in [-0.05, 0) is 41.7 Å². The smallest absolute Gasteiger partial charge is 0.328 e. The predicted octanol–water partition coefficient (Wildman–Crippen LogP) is 2.87. The molecule has 108 valence electrons. The van der Waals surface area contributed by atoms with Gasteiger partial charge in [-0.1, -0.05) is 26.8 Å². The molecule has 1 aromatic carbocycles. The van der Waals surface area contributed by atoms with Crippen LogP contribution in [0.2, 0.25) is 0 Å². The Morgan fingerprint density at radius 2 is 1.95 bits per heavy atom. The number of rotatable bonds is 4. The van der Waals surface area contributed by atoms with E-state index < -0.39 is 5.97 Å². The molecule has 0 aliphatic carbocycles. The van der Waals surface area contributed by atoms with Gasteiger partial charge in [-0.3, -0.25) is 4.79 Å². The van der Waals surface area contributed by atoms with Crippen LogP contribution in [0.15, 0.2) is 24.3 Å². The van der Waals surface area contributed by atoms with Gasteiger partial charge >= 0.3 is 5.97 Å². The first-order valence-electron chi connectivity index (χ1n) is 6.49. The zero-order chi connectivity index (χ0) is 15.3. The lowest BCUT2D eigenvalue weighted by Gasteiger charge is -2.18. The van der Waals surface area contributed by atoms with Gasteiger partial charge in [-0.25, -0.2) is 4.79 Å². The van der Waals surface area contributed by atoms with E-state index in [4.69, 9.17) is 5.11 Å². The second-order valence-corrected chi connectivity index (χ2v) is 5.99. The molecule has 4 nitrogen and oxygen atoms in total. The van der Waals surface area contributed by atoms with Crippen LogP contribution in [0.4, 0.5) is 0 Å². The Morgan fingerprint density at radius 1 is 1.30 bits per heavy atom. The minimum atomic E-state index is -1.01. The third-order valence-corrected chi connectivity index (χ3v) is 2.73. The number of aryl methyl sites for hydroxylation is 1. The zero-order valence-electron chi connectivity index (χ0n) is 12.4. The summed E-state index contributed by atoms with van der Waals surface area (Å²) in [6.07, 6.45) is 2.57. The van der Waals surface area contributed by atoms with Crippen LogP contribution in [-0.2, 0) is 4.79 Å². The summed E-state index contributed by atoms with van der Waals surface area (Å²) in [4.78, 5) is 22.6. The van der Waals surface area contributed by atoms with E-state index in [1.54, 1.807) is 12.1 Å². The van der Waals surface area contributed by atoms with Gasteiger partial charge < -0.3 is 10.4 Å². The number of aliphatic carboxylic acids is 1. The Bertz CT molecular complexity index is 539. The third kappa shape index (κ3) is 5.26. The molecule has 0 aliphatic heterocycles. The van der Waals surface area contributed by atoms with E-state index in [0.717, 1.165) is 17.2 Å². The van der Waals surface area contributed by atoms with Gasteiger partial charge in [0, 0.05) is 18.2 Å². The molecule has 0 aliphatic rings. The van der Waals surface area contributed by atoms with Crippen LogP contribution in [0.25, 0.3) is 6.08 Å². The molecule has 0 atom stereocenters. The number of carboxylic acid groups (broad SMARTS) is 1. The fraction of sp³-hybridized carbons (Fsp3) is 0.375. The maximum Gasteiger partial charge on any atom is 0.328 e. The van der Waals surface area contributed by atoms with Gasteiger partial charge in [0.15, 0.2) is 0 Å². The number of amides is 1. The Balaban J connectivity index is 2.89. The molecule has 0 radical (unpaired) electrons. The second-order valence-electron chi connectivity index (χ2n) is 5.99. The summed E-state index contributed by atoms with van der Waals surface area (Å²) in [7, 11) is 0. The van der Waals surface area contributed by atoms with Crippen LogP contribution in [0.1, 0.15) is 42.3 Å². The monoisotopic (exact) mass is 275 g/mol. The molecule has 20 heavy (non-hydrogen) atoms. The first kappa shape index (κ1) is 16.0. The molecule has 1 rings (SSSR count). The van der Waals surface area contributed by atoms with Gasteiger partial charge in [-0.2, -0.15) is 0 Å². The highest BCUT2D eigenvalue weighted by Gasteiger charge is 2.13. The maximum atomic E-state index is 12.0. The molecular weight excluding hydrogens is 254 g/mol. The van der Waals surface area contributed by atoms with Crippen LogP contribution in [0.3, 0.4) is 0 Å². The SMILES string of the molecule is Cc1ccc(C(=O)NCC(C)(C)C)cc1/C=C/C(=O)O. The van der Waals surface area contributed by atoms with Crippen molar-refractivity contribution in [3.63, 3.8) is 0 Å². The molecule has 0 heterocycles. The van der Waals surface area contributed by atoms with Crippen molar-refractivity contribution in [2.45, 2.75) is 27.7 Å². The summed E-state index contributed by atoms with van der Waals surface area (Å²) in [5.41, 5.74) is 2.21. The number of carbonyl (C=O) groups is 2. The lowest BCUT2D eigenvalue weighted by Crippen LogP contribution is -2.32. The Morgan fingerprint density at radius 3 is 2.50 bits per heavy atom. The van der Waals surface area contributed by atoms with Crippen molar-refractivity contribution in [2.24, 2.45) is 5.41 Å². The zero-order valence-corrected chi connectivity index (χ0v) is 12.4. The van der Waals surface area contributed by atoms with Crippen molar-refractivity contribution in [3.05, 3.63) is 41.0 Å². The van der Waals surface area contributed by atoms with Crippen molar-refractivity contribution in [1.29, 1.82) is 0 Å². The standard InChI is InChI=1S/C16H21NO3/c1-11-5-6-13(9-12(11)7-8-14(18)19)15(20)17-10-16(2,3)4/h5-9H,10H2,1-4H3,(H,17,20)(H,18,19)/b8-7+. The summed E-state index contributed by atoms with van der Waals surface area (Å²) >= 11 is 0. The van der Waals surface area contributed by atoms with E-state index in [2.05, 4.69) is 5.32 Å². The minimum absolute atomic E-state index is 0.0202. The number of hydrogen-bond donors (Lipinski definition) is 2. The van der Waals surface area contributed by atoms with Crippen molar-refractivity contribution in [1.82, 2.24) is 5.32 Å². The third-order valence-electron chi connectivity index (χ3n) is 2.73. The molecule has 1 amide bonds. The number of hydrogen-bond acceptors (Lipinski definition) is 2. The van der Waals surface area contributed by atoms with Gasteiger partial charge in [-0.15, -0.1) is 0 Å². The fourth-order valence-electron chi connectivity index (χ4n) is 1.57. The summed E-state index contributed by atoms with van der Waals surface area (Å²) < 4.78 is 0. The first-order valence-corrected chi connectivity index (χ1v) is 6.49. The molecule has 2 N–H and O–H groups in total. The molecular formula is C16H21NO3. The molecule has 4 heteroatoms. The molecule has 0 saturated heterocycles. The van der Waals surface area contributed by atoms with E-state index in [-0.39, 0.29) is 11.3 Å². The van der Waals surface area contributed by atoms with E-state index in [1.165, 1.54) is 6.08 Å². The number of nitrogens with one attached hydrogen (secondary N) is 1. The lowest BCUT2D eigenvalue weighted by molar-refractivity contribution is -0.131. The van der Waals surface area contributed by atoms with Crippen LogP contribution >= 0.6 is 0 Å². The van der Waals surface area contributed by atoms with E-state index >= 15 is 0 Å². The van der Waals surface area contributed by atoms with Crippen LogP contribution in [0, 0.1) is 12.3 Å². The highest BCUT2D eigenvalue weighted by Crippen LogP contribution is 2.14. The van der Waals surface area contributed by atoms with Crippen LogP contribution < -0.4 is 5.32 Å². The largest absolute Gasteiger partial charge is 0.478 e. The Labute approximate surface area is 119 Å². The quantitative estimate of drug-likeness (QED) is 0.830. The van der Waals surface area contributed by atoms with Gasteiger partial charge in [0.2, 0.25) is 0 Å². The Hall–Kier alpha value is -2.10. The van der Waals surface area contributed by atoms with Crippen molar-refractivity contribution in [2.75, 3.05) is 6.54 Å². The molecule has 0 unspecified atom stereocenters. The minimum Gasteiger partial charge on any atom is -0.478 e. The summed E-state index contributed by atoms with van der Waals surface area (Å²) in [6.45, 7) is 8.59. The van der Waals surface area contributed by atoms with E-state index in [9.17, 15) is 9.59 Å². The lowest BCUT2D eigenvalue weighted by atomic mass is 9.96. The first-order chi connectivity index (χ1) is 9.19. The van der Waals surface area contributed by atoms with Gasteiger partial charge in [0.25, 0.3) is 5.91 Å². The molecule has 0 aromatic heterocycles. The van der Waals surface area contributed by atoms with E-state index in [0.29, 0.717) is 12.1 Å². The average Bonchev–Trinajstić information content (AvgIpc) is 2.34. The summed E-state index contributed by atoms with van der Waals surface area (Å²) in [5.74, 6) is -1.16. The average molecular weight is 275 g/mol. The van der Waals surface area contributed by atoms with Gasteiger partial charge in [0.05, 0.1) is 0 Å². The number of benzene rings is 1. The molecule has 0 bridgehead atoms. The fourth-order valence-corrected chi connectivity index (χ4v) is 1.57. The number of carboxylic acids is 1. The highest BCUT2D eigenvalue weighted by atomic mass is 16.4. The molecule has 1 aromatic rings. The summed E-state index contributed by atoms with van der Waals surface area (Å²) in [6, 6.07) is 5.26. The van der Waals surface area contributed by atoms with Gasteiger partial charge in [0.1, 0.15) is 0 Å². The van der Waals surface area contributed by atoms with Crippen molar-refractivity contribution >= 4 is 18.0 Å². The maximum absolute atomic E-state index is 12.0. The summed E-state index contributed by atoms with van der Waals surface area (Å²) in [5, 5.41) is 11.5. The molecule has 0 saturated carbocycles.